The summed E-state index contributed by atoms with van der Waals surface area (Å²) in [4.78, 5) is 11.1. The maximum absolute atomic E-state index is 11.1. The summed E-state index contributed by atoms with van der Waals surface area (Å²) in [5.41, 5.74) is 5.25. The second kappa shape index (κ2) is 3.29. The second-order valence-electron chi connectivity index (χ2n) is 4.49. The maximum Gasteiger partial charge on any atom is 0.170 e. The molecule has 2 N–H and O–H groups in total. The highest BCUT2D eigenvalue weighted by Gasteiger charge is 2.48. The van der Waals surface area contributed by atoms with Crippen molar-refractivity contribution >= 4 is 5.78 Å². The van der Waals surface area contributed by atoms with Gasteiger partial charge >= 0.3 is 0 Å². The van der Waals surface area contributed by atoms with Crippen LogP contribution in [0.25, 0.3) is 0 Å². The third-order valence-electron chi connectivity index (χ3n) is 3.07. The zero-order chi connectivity index (χ0) is 10.2. The molecule has 1 spiro atoms. The van der Waals surface area contributed by atoms with Crippen molar-refractivity contribution in [2.24, 2.45) is 5.73 Å². The predicted molar refractivity (Wildman–Crippen MR) is 50.7 cm³/mol. The summed E-state index contributed by atoms with van der Waals surface area (Å²) in [6.45, 7) is 2.96. The zero-order valence-electron chi connectivity index (χ0n) is 8.54. The SMILES string of the molecule is CC1(CN)COC2(CCC(=O)CC2)O1. The number of hydrogen-bond acceptors (Lipinski definition) is 4. The molecule has 0 amide bonds. The van der Waals surface area contributed by atoms with Crippen molar-refractivity contribution in [2.45, 2.75) is 44.0 Å². The standard InChI is InChI=1S/C10H17NO3/c1-9(6-11)7-13-10(14-9)4-2-8(12)3-5-10/h2-7,11H2,1H3. The molecule has 1 unspecified atom stereocenters. The average Bonchev–Trinajstić information content (AvgIpc) is 2.51. The number of carbonyl (C=O) groups excluding carboxylic acids is 1. The first-order chi connectivity index (χ1) is 6.58. The molecule has 0 radical (unpaired) electrons. The van der Waals surface area contributed by atoms with Gasteiger partial charge in [0, 0.05) is 32.2 Å². The van der Waals surface area contributed by atoms with Crippen LogP contribution in [-0.4, -0.2) is 30.3 Å². The molecule has 1 aliphatic heterocycles. The minimum Gasteiger partial charge on any atom is -0.347 e. The Hall–Kier alpha value is -0.450. The van der Waals surface area contributed by atoms with E-state index in [0.29, 0.717) is 44.6 Å². The summed E-state index contributed by atoms with van der Waals surface area (Å²) in [6, 6.07) is 0. The van der Waals surface area contributed by atoms with Crippen molar-refractivity contribution < 1.29 is 14.3 Å². The van der Waals surface area contributed by atoms with Crippen molar-refractivity contribution in [3.63, 3.8) is 0 Å². The fourth-order valence-corrected chi connectivity index (χ4v) is 2.05. The fraction of sp³-hybridized carbons (Fsp3) is 0.900. The van der Waals surface area contributed by atoms with Crippen LogP contribution in [0.3, 0.4) is 0 Å². The lowest BCUT2D eigenvalue weighted by molar-refractivity contribution is -0.200. The van der Waals surface area contributed by atoms with Crippen molar-refractivity contribution in [1.29, 1.82) is 0 Å². The van der Waals surface area contributed by atoms with Crippen LogP contribution >= 0.6 is 0 Å². The van der Waals surface area contributed by atoms with Gasteiger partial charge in [0.25, 0.3) is 0 Å². The molecule has 1 saturated carbocycles. The summed E-state index contributed by atoms with van der Waals surface area (Å²) in [5, 5.41) is 0. The Morgan fingerprint density at radius 2 is 2.07 bits per heavy atom. The normalized spacial score (nSPS) is 36.6. The topological polar surface area (TPSA) is 61.5 Å². The van der Waals surface area contributed by atoms with Gasteiger partial charge in [-0.25, -0.2) is 0 Å². The highest BCUT2D eigenvalue weighted by Crippen LogP contribution is 2.40. The first-order valence-corrected chi connectivity index (χ1v) is 5.13. The van der Waals surface area contributed by atoms with Crippen LogP contribution in [0.4, 0.5) is 0 Å². The lowest BCUT2D eigenvalue weighted by Crippen LogP contribution is -2.42. The van der Waals surface area contributed by atoms with Gasteiger partial charge in [0.15, 0.2) is 5.79 Å². The molecule has 0 aromatic carbocycles. The van der Waals surface area contributed by atoms with Crippen LogP contribution in [0.15, 0.2) is 0 Å². The van der Waals surface area contributed by atoms with Crippen molar-refractivity contribution in [3.8, 4) is 0 Å². The van der Waals surface area contributed by atoms with E-state index in [1.54, 1.807) is 0 Å². The Bertz CT molecular complexity index is 244. The van der Waals surface area contributed by atoms with E-state index >= 15 is 0 Å². The average molecular weight is 199 g/mol. The monoisotopic (exact) mass is 199 g/mol. The summed E-state index contributed by atoms with van der Waals surface area (Å²) >= 11 is 0. The maximum atomic E-state index is 11.1. The molecule has 2 aliphatic rings. The van der Waals surface area contributed by atoms with Gasteiger partial charge in [-0.1, -0.05) is 0 Å². The molecule has 1 saturated heterocycles. The molecule has 2 fully saturated rings. The van der Waals surface area contributed by atoms with Gasteiger partial charge in [-0.05, 0) is 6.92 Å². The quantitative estimate of drug-likeness (QED) is 0.671. The van der Waals surface area contributed by atoms with E-state index in [0.717, 1.165) is 0 Å². The number of ketones is 1. The van der Waals surface area contributed by atoms with Crippen LogP contribution < -0.4 is 5.73 Å². The van der Waals surface area contributed by atoms with E-state index in [4.69, 9.17) is 15.2 Å². The first-order valence-electron chi connectivity index (χ1n) is 5.13. The van der Waals surface area contributed by atoms with Gasteiger partial charge in [-0.3, -0.25) is 4.79 Å². The number of hydrogen-bond donors (Lipinski definition) is 1. The third-order valence-corrected chi connectivity index (χ3v) is 3.07. The molecule has 0 aromatic rings. The lowest BCUT2D eigenvalue weighted by Gasteiger charge is -2.33. The Morgan fingerprint density at radius 3 is 2.57 bits per heavy atom. The molecule has 1 aliphatic carbocycles. The second-order valence-corrected chi connectivity index (χ2v) is 4.49. The van der Waals surface area contributed by atoms with Crippen LogP contribution in [0.1, 0.15) is 32.6 Å². The van der Waals surface area contributed by atoms with Gasteiger partial charge in [0.2, 0.25) is 0 Å². The Kier molecular flexibility index (Phi) is 2.37. The summed E-state index contributed by atoms with van der Waals surface area (Å²) < 4.78 is 11.6. The van der Waals surface area contributed by atoms with Gasteiger partial charge in [-0.15, -0.1) is 0 Å². The highest BCUT2D eigenvalue weighted by atomic mass is 16.8. The van der Waals surface area contributed by atoms with E-state index in [1.165, 1.54) is 0 Å². The van der Waals surface area contributed by atoms with E-state index in [9.17, 15) is 4.79 Å². The van der Waals surface area contributed by atoms with E-state index in [2.05, 4.69) is 0 Å². The van der Waals surface area contributed by atoms with Crippen molar-refractivity contribution in [3.05, 3.63) is 0 Å². The molecule has 2 rings (SSSR count). The molecule has 4 heteroatoms. The fourth-order valence-electron chi connectivity index (χ4n) is 2.05. The first kappa shape index (κ1) is 10.1. The molecule has 1 atom stereocenters. The molecule has 80 valence electrons. The van der Waals surface area contributed by atoms with Gasteiger partial charge in [0.1, 0.15) is 11.4 Å². The predicted octanol–water partition coefficient (Wildman–Crippen LogP) is 0.590. The molecule has 4 nitrogen and oxygen atoms in total. The van der Waals surface area contributed by atoms with Gasteiger partial charge in [-0.2, -0.15) is 0 Å². The molecular formula is C10H17NO3. The molecular weight excluding hydrogens is 182 g/mol. The van der Waals surface area contributed by atoms with Crippen LogP contribution in [0.2, 0.25) is 0 Å². The third kappa shape index (κ3) is 1.69. The lowest BCUT2D eigenvalue weighted by atomic mass is 9.93. The number of carbonyl (C=O) groups is 1. The molecule has 1 heterocycles. The summed E-state index contributed by atoms with van der Waals surface area (Å²) in [7, 11) is 0. The minimum atomic E-state index is -0.512. The van der Waals surface area contributed by atoms with Crippen LogP contribution in [0, 0.1) is 0 Å². The smallest absolute Gasteiger partial charge is 0.170 e. The van der Waals surface area contributed by atoms with E-state index < -0.39 is 5.79 Å². The molecule has 0 bridgehead atoms. The highest BCUT2D eigenvalue weighted by molar-refractivity contribution is 5.79. The number of rotatable bonds is 1. The van der Waals surface area contributed by atoms with Crippen molar-refractivity contribution in [2.75, 3.05) is 13.2 Å². The Morgan fingerprint density at radius 1 is 1.43 bits per heavy atom. The number of Topliss-reactive ketones (excluding diaryl/α,β-unsaturated/α-hetero) is 1. The van der Waals surface area contributed by atoms with Crippen LogP contribution in [-0.2, 0) is 14.3 Å². The largest absolute Gasteiger partial charge is 0.347 e. The minimum absolute atomic E-state index is 0.309. The van der Waals surface area contributed by atoms with Crippen LogP contribution in [0.5, 0.6) is 0 Å². The van der Waals surface area contributed by atoms with Gasteiger partial charge in [0.05, 0.1) is 6.61 Å². The number of ether oxygens (including phenoxy) is 2. The van der Waals surface area contributed by atoms with E-state index in [1.807, 2.05) is 6.92 Å². The molecule has 14 heavy (non-hydrogen) atoms. The Labute approximate surface area is 83.7 Å². The van der Waals surface area contributed by atoms with Gasteiger partial charge < -0.3 is 15.2 Å². The van der Waals surface area contributed by atoms with E-state index in [-0.39, 0.29) is 5.60 Å². The zero-order valence-corrected chi connectivity index (χ0v) is 8.54. The summed E-state index contributed by atoms with van der Waals surface area (Å²) in [6.07, 6.45) is 2.50. The Balaban J connectivity index is 2.03. The number of nitrogens with two attached hydrogens (primary N) is 1. The molecule has 0 aromatic heterocycles. The van der Waals surface area contributed by atoms with Crippen molar-refractivity contribution in [1.82, 2.24) is 0 Å². The summed E-state index contributed by atoms with van der Waals surface area (Å²) in [5.74, 6) is -0.202.